The van der Waals surface area contributed by atoms with E-state index < -0.39 is 23.5 Å². The van der Waals surface area contributed by atoms with Crippen LogP contribution in [0.5, 0.6) is 0 Å². The van der Waals surface area contributed by atoms with Gasteiger partial charge in [-0.15, -0.1) is 0 Å². The number of hydrogen-bond donors (Lipinski definition) is 1. The van der Waals surface area contributed by atoms with Gasteiger partial charge in [-0.3, -0.25) is 14.5 Å². The van der Waals surface area contributed by atoms with Crippen molar-refractivity contribution in [3.05, 3.63) is 35.4 Å². The summed E-state index contributed by atoms with van der Waals surface area (Å²) in [5, 5.41) is 2.82. The first-order valence-corrected chi connectivity index (χ1v) is 6.87. The van der Waals surface area contributed by atoms with Crippen molar-refractivity contribution >= 4 is 11.7 Å². The molecule has 0 bridgehead atoms. The zero-order chi connectivity index (χ0) is 15.6. The summed E-state index contributed by atoms with van der Waals surface area (Å²) in [6.45, 7) is 1.65. The number of carbonyl (C=O) groups is 2. The van der Waals surface area contributed by atoms with E-state index in [1.165, 1.54) is 0 Å². The normalized spacial score (nSPS) is 15.9. The Morgan fingerprint density at radius 3 is 2.62 bits per heavy atom. The van der Waals surface area contributed by atoms with Crippen molar-refractivity contribution in [3.8, 4) is 0 Å². The number of carbonyl (C=O) groups excluding carboxylic acids is 2. The number of rotatable bonds is 6. The molecule has 6 heteroatoms. The molecule has 0 saturated heterocycles. The molecule has 1 aromatic carbocycles. The Kier molecular flexibility index (Phi) is 4.67. The molecule has 1 fully saturated rings. The molecule has 1 amide bonds. The fourth-order valence-electron chi connectivity index (χ4n) is 1.98. The van der Waals surface area contributed by atoms with Crippen molar-refractivity contribution in [2.24, 2.45) is 0 Å². The van der Waals surface area contributed by atoms with E-state index in [1.54, 1.807) is 18.9 Å². The largest absolute Gasteiger partial charge is 0.352 e. The molecule has 1 aliphatic rings. The minimum Gasteiger partial charge on any atom is -0.352 e. The first-order valence-electron chi connectivity index (χ1n) is 6.87. The van der Waals surface area contributed by atoms with Gasteiger partial charge in [0.15, 0.2) is 5.78 Å². The Morgan fingerprint density at radius 2 is 2.05 bits per heavy atom. The molecule has 0 radical (unpaired) electrons. The third-order valence-corrected chi connectivity index (χ3v) is 3.57. The van der Waals surface area contributed by atoms with Gasteiger partial charge in [0, 0.05) is 12.1 Å². The summed E-state index contributed by atoms with van der Waals surface area (Å²) < 4.78 is 26.5. The molecule has 114 valence electrons. The van der Waals surface area contributed by atoms with Gasteiger partial charge in [0.1, 0.15) is 11.6 Å². The van der Waals surface area contributed by atoms with Crippen molar-refractivity contribution in [2.75, 3.05) is 13.6 Å². The van der Waals surface area contributed by atoms with Crippen LogP contribution in [0.25, 0.3) is 0 Å². The maximum absolute atomic E-state index is 13.6. The molecule has 1 atom stereocenters. The highest BCUT2D eigenvalue weighted by atomic mass is 19.1. The Morgan fingerprint density at radius 1 is 1.38 bits per heavy atom. The molecule has 1 aliphatic carbocycles. The van der Waals surface area contributed by atoms with Crippen molar-refractivity contribution in [1.29, 1.82) is 0 Å². The summed E-state index contributed by atoms with van der Waals surface area (Å²) in [6, 6.07) is 2.44. The lowest BCUT2D eigenvalue weighted by atomic mass is 10.0. The van der Waals surface area contributed by atoms with Crippen LogP contribution in [-0.4, -0.2) is 42.3 Å². The average molecular weight is 296 g/mol. The van der Waals surface area contributed by atoms with Gasteiger partial charge in [0.05, 0.1) is 18.2 Å². The molecule has 1 saturated carbocycles. The third-order valence-electron chi connectivity index (χ3n) is 3.57. The second kappa shape index (κ2) is 6.30. The van der Waals surface area contributed by atoms with Gasteiger partial charge in [0.2, 0.25) is 5.91 Å². The van der Waals surface area contributed by atoms with E-state index in [2.05, 4.69) is 5.32 Å². The van der Waals surface area contributed by atoms with Gasteiger partial charge < -0.3 is 5.32 Å². The van der Waals surface area contributed by atoms with Crippen LogP contribution < -0.4 is 5.32 Å². The van der Waals surface area contributed by atoms with Crippen LogP contribution in [0, 0.1) is 11.6 Å². The minimum atomic E-state index is -0.886. The van der Waals surface area contributed by atoms with E-state index in [0.29, 0.717) is 6.07 Å². The summed E-state index contributed by atoms with van der Waals surface area (Å²) in [5.41, 5.74) is -0.168. The van der Waals surface area contributed by atoms with Gasteiger partial charge in [-0.2, -0.15) is 0 Å². The van der Waals surface area contributed by atoms with Crippen molar-refractivity contribution in [2.45, 2.75) is 31.8 Å². The van der Waals surface area contributed by atoms with Crippen LogP contribution in [0.4, 0.5) is 8.78 Å². The van der Waals surface area contributed by atoms with Crippen molar-refractivity contribution < 1.29 is 18.4 Å². The Hall–Kier alpha value is -1.82. The standard InChI is InChI=1S/C15H18F2N2O2/c1-9(19(2)8-14(20)18-11-4-5-11)15(21)12-6-3-10(16)7-13(12)17/h3,6-7,9,11H,4-5,8H2,1-2H3,(H,18,20). The van der Waals surface area contributed by atoms with Crippen LogP contribution in [0.2, 0.25) is 0 Å². The summed E-state index contributed by atoms with van der Waals surface area (Å²) >= 11 is 0. The molecule has 0 aliphatic heterocycles. The maximum Gasteiger partial charge on any atom is 0.234 e. The van der Waals surface area contributed by atoms with Crippen LogP contribution in [0.3, 0.4) is 0 Å². The van der Waals surface area contributed by atoms with Gasteiger partial charge in [-0.25, -0.2) is 8.78 Å². The van der Waals surface area contributed by atoms with Crippen LogP contribution in [0.15, 0.2) is 18.2 Å². The fraction of sp³-hybridized carbons (Fsp3) is 0.467. The molecule has 21 heavy (non-hydrogen) atoms. The van der Waals surface area contributed by atoms with Gasteiger partial charge in [-0.1, -0.05) is 0 Å². The van der Waals surface area contributed by atoms with E-state index in [9.17, 15) is 18.4 Å². The topological polar surface area (TPSA) is 49.4 Å². The lowest BCUT2D eigenvalue weighted by Crippen LogP contribution is -2.43. The van der Waals surface area contributed by atoms with Crippen LogP contribution >= 0.6 is 0 Å². The molecular formula is C15H18F2N2O2. The zero-order valence-electron chi connectivity index (χ0n) is 12.0. The smallest absolute Gasteiger partial charge is 0.234 e. The first-order chi connectivity index (χ1) is 9.88. The predicted molar refractivity (Wildman–Crippen MR) is 73.9 cm³/mol. The quantitative estimate of drug-likeness (QED) is 0.814. The second-order valence-corrected chi connectivity index (χ2v) is 5.42. The van der Waals surface area contributed by atoms with Crippen LogP contribution in [-0.2, 0) is 4.79 Å². The van der Waals surface area contributed by atoms with Gasteiger partial charge >= 0.3 is 0 Å². The molecular weight excluding hydrogens is 278 g/mol. The van der Waals surface area contributed by atoms with E-state index in [1.807, 2.05) is 0 Å². The highest BCUT2D eigenvalue weighted by Gasteiger charge is 2.27. The third kappa shape index (κ3) is 4.07. The molecule has 1 unspecified atom stereocenters. The first kappa shape index (κ1) is 15.6. The molecule has 0 spiro atoms. The Labute approximate surface area is 122 Å². The summed E-state index contributed by atoms with van der Waals surface area (Å²) in [4.78, 5) is 25.4. The van der Waals surface area contributed by atoms with E-state index in [0.717, 1.165) is 25.0 Å². The number of amides is 1. The monoisotopic (exact) mass is 296 g/mol. The number of halogens is 2. The van der Waals surface area contributed by atoms with Crippen molar-refractivity contribution in [1.82, 2.24) is 10.2 Å². The lowest BCUT2D eigenvalue weighted by molar-refractivity contribution is -0.122. The van der Waals surface area contributed by atoms with Gasteiger partial charge in [-0.05, 0) is 38.9 Å². The summed E-state index contributed by atoms with van der Waals surface area (Å²) in [5.74, 6) is -2.25. The highest BCUT2D eigenvalue weighted by molar-refractivity contribution is 6.00. The maximum atomic E-state index is 13.6. The SMILES string of the molecule is CC(C(=O)c1ccc(F)cc1F)N(C)CC(=O)NC1CC1. The average Bonchev–Trinajstić information content (AvgIpc) is 3.20. The molecule has 1 aromatic rings. The van der Waals surface area contributed by atoms with E-state index in [4.69, 9.17) is 0 Å². The number of nitrogens with one attached hydrogen (secondary N) is 1. The Balaban J connectivity index is 1.98. The number of nitrogens with zero attached hydrogens (tertiary/aromatic N) is 1. The molecule has 4 nitrogen and oxygen atoms in total. The molecule has 0 heterocycles. The molecule has 1 N–H and O–H groups in total. The second-order valence-electron chi connectivity index (χ2n) is 5.42. The zero-order valence-corrected chi connectivity index (χ0v) is 12.0. The molecule has 2 rings (SSSR count). The number of hydrogen-bond acceptors (Lipinski definition) is 3. The summed E-state index contributed by atoms with van der Waals surface area (Å²) in [7, 11) is 1.62. The number of likely N-dealkylation sites (N-methyl/N-ethyl adjacent to an activating group) is 1. The fourth-order valence-corrected chi connectivity index (χ4v) is 1.98. The minimum absolute atomic E-state index is 0.0617. The number of benzene rings is 1. The number of Topliss-reactive ketones (excluding diaryl/α,β-unsaturated/α-hetero) is 1. The van der Waals surface area contributed by atoms with Crippen molar-refractivity contribution in [3.63, 3.8) is 0 Å². The van der Waals surface area contributed by atoms with E-state index >= 15 is 0 Å². The predicted octanol–water partition coefficient (Wildman–Crippen LogP) is 1.75. The Bertz CT molecular complexity index is 559. The summed E-state index contributed by atoms with van der Waals surface area (Å²) in [6.07, 6.45) is 1.98. The number of ketones is 1. The van der Waals surface area contributed by atoms with Crippen LogP contribution in [0.1, 0.15) is 30.1 Å². The van der Waals surface area contributed by atoms with Gasteiger partial charge in [0.25, 0.3) is 0 Å². The molecule has 0 aromatic heterocycles. The highest BCUT2D eigenvalue weighted by Crippen LogP contribution is 2.18. The lowest BCUT2D eigenvalue weighted by Gasteiger charge is -2.23. The van der Waals surface area contributed by atoms with E-state index in [-0.39, 0.29) is 24.1 Å².